The normalized spacial score (nSPS) is 11.0. The molecule has 5 heteroatoms. The first-order valence-corrected chi connectivity index (χ1v) is 2.99. The Kier molecular flexibility index (Phi) is 10.8. The topological polar surface area (TPSA) is 61.1 Å². The minimum absolute atomic E-state index is 0. The summed E-state index contributed by atoms with van der Waals surface area (Å²) in [5.74, 6) is 0.0660. The molecule has 0 aliphatic rings. The summed E-state index contributed by atoms with van der Waals surface area (Å²) in [6.45, 7) is 0. The van der Waals surface area contributed by atoms with Crippen LogP contribution in [0.4, 0.5) is 0 Å². The molecule has 0 heterocycles. The third kappa shape index (κ3) is 9.78. The van der Waals surface area contributed by atoms with E-state index in [4.69, 9.17) is 9.81 Å². The second-order valence-corrected chi connectivity index (χ2v) is 1.98. The van der Waals surface area contributed by atoms with Crippen LogP contribution in [0.5, 0.6) is 0 Å². The largest absolute Gasteiger partial charge is 1.00 e. The predicted molar refractivity (Wildman–Crippen MR) is 27.0 cm³/mol. The molecule has 3 nitrogen and oxygen atoms in total. The summed E-state index contributed by atoms with van der Waals surface area (Å²) in [4.78, 5) is 0. The standard InChI is InChI=1S/C3H5NO2S.Na.H/c4-2-1-3-7(5)6;;/h1,3H2,(H,5,6);;/q;+1;-1. The minimum Gasteiger partial charge on any atom is -1.00 e. The Bertz CT molecular complexity index is 115. The second-order valence-electron chi connectivity index (χ2n) is 0.934. The fourth-order valence-corrected chi connectivity index (χ4v) is 0.399. The SMILES string of the molecule is N#CCCS(=O)O.[H-].[Na+]. The quantitative estimate of drug-likeness (QED) is 0.336. The molecular weight excluding hydrogens is 137 g/mol. The summed E-state index contributed by atoms with van der Waals surface area (Å²) >= 11 is -1.79. The van der Waals surface area contributed by atoms with Crippen LogP contribution in [0.3, 0.4) is 0 Å². The summed E-state index contributed by atoms with van der Waals surface area (Å²) in [5, 5.41) is 7.82. The van der Waals surface area contributed by atoms with Gasteiger partial charge in [-0.05, 0) is 0 Å². The monoisotopic (exact) mass is 143 g/mol. The van der Waals surface area contributed by atoms with E-state index in [2.05, 4.69) is 0 Å². The fourth-order valence-electron chi connectivity index (χ4n) is 0.133. The Morgan fingerprint density at radius 1 is 1.88 bits per heavy atom. The van der Waals surface area contributed by atoms with Crippen LogP contribution in [0.1, 0.15) is 7.85 Å². The van der Waals surface area contributed by atoms with Crippen LogP contribution in [0.2, 0.25) is 0 Å². The van der Waals surface area contributed by atoms with Crippen molar-refractivity contribution < 1.29 is 39.7 Å². The molecule has 0 radical (unpaired) electrons. The maximum absolute atomic E-state index is 9.72. The van der Waals surface area contributed by atoms with Crippen molar-refractivity contribution in [1.82, 2.24) is 0 Å². The molecule has 0 aromatic heterocycles. The summed E-state index contributed by atoms with van der Waals surface area (Å²) in [6.07, 6.45) is 0.156. The molecular formula is C3H6NNaO2S. The van der Waals surface area contributed by atoms with Gasteiger partial charge in [0.15, 0.2) is 11.1 Å². The van der Waals surface area contributed by atoms with Crippen LogP contribution >= 0.6 is 0 Å². The minimum atomic E-state index is -1.79. The fraction of sp³-hybridized carbons (Fsp3) is 0.667. The van der Waals surface area contributed by atoms with Crippen LogP contribution in [-0.4, -0.2) is 14.5 Å². The molecule has 8 heavy (non-hydrogen) atoms. The van der Waals surface area contributed by atoms with E-state index in [1.54, 1.807) is 6.07 Å². The zero-order chi connectivity index (χ0) is 5.70. The Balaban J connectivity index is -0.000000180. The van der Waals surface area contributed by atoms with E-state index in [9.17, 15) is 4.21 Å². The van der Waals surface area contributed by atoms with E-state index >= 15 is 0 Å². The molecule has 0 amide bonds. The zero-order valence-electron chi connectivity index (χ0n) is 5.63. The van der Waals surface area contributed by atoms with Gasteiger partial charge in [-0.3, -0.25) is 0 Å². The van der Waals surface area contributed by atoms with Gasteiger partial charge in [0.25, 0.3) is 0 Å². The van der Waals surface area contributed by atoms with Crippen LogP contribution in [-0.2, 0) is 11.1 Å². The van der Waals surface area contributed by atoms with Crippen molar-refractivity contribution in [1.29, 1.82) is 5.26 Å². The molecule has 0 aliphatic carbocycles. The summed E-state index contributed by atoms with van der Waals surface area (Å²) < 4.78 is 17.7. The van der Waals surface area contributed by atoms with Crippen molar-refractivity contribution >= 4 is 11.1 Å². The molecule has 1 unspecified atom stereocenters. The molecule has 1 atom stereocenters. The second kappa shape index (κ2) is 7.60. The van der Waals surface area contributed by atoms with E-state index in [0.717, 1.165) is 0 Å². The van der Waals surface area contributed by atoms with Crippen LogP contribution in [0.15, 0.2) is 0 Å². The van der Waals surface area contributed by atoms with Gasteiger partial charge in [0.1, 0.15) is 0 Å². The molecule has 0 aromatic carbocycles. The van der Waals surface area contributed by atoms with Crippen molar-refractivity contribution in [2.24, 2.45) is 0 Å². The number of rotatable bonds is 2. The Hall–Kier alpha value is 0.600. The van der Waals surface area contributed by atoms with Crippen molar-refractivity contribution in [3.8, 4) is 6.07 Å². The summed E-state index contributed by atoms with van der Waals surface area (Å²) in [5.41, 5.74) is 0. The maximum Gasteiger partial charge on any atom is 1.00 e. The smallest absolute Gasteiger partial charge is 1.00 e. The van der Waals surface area contributed by atoms with E-state index in [0.29, 0.717) is 0 Å². The number of hydrogen-bond donors (Lipinski definition) is 1. The van der Waals surface area contributed by atoms with Gasteiger partial charge in [-0.2, -0.15) is 5.26 Å². The Labute approximate surface area is 74.1 Å². The first kappa shape index (κ1) is 11.4. The van der Waals surface area contributed by atoms with Gasteiger partial charge in [0.2, 0.25) is 0 Å². The molecule has 0 saturated heterocycles. The van der Waals surface area contributed by atoms with Gasteiger partial charge in [-0.1, -0.05) is 0 Å². The number of hydrogen-bond acceptors (Lipinski definition) is 2. The summed E-state index contributed by atoms with van der Waals surface area (Å²) in [7, 11) is 0. The number of nitriles is 1. The third-order valence-corrected chi connectivity index (χ3v) is 0.942. The molecule has 0 fully saturated rings. The van der Waals surface area contributed by atoms with E-state index < -0.39 is 11.1 Å². The van der Waals surface area contributed by atoms with Crippen molar-refractivity contribution in [3.63, 3.8) is 0 Å². The van der Waals surface area contributed by atoms with Gasteiger partial charge in [0, 0.05) is 6.42 Å². The van der Waals surface area contributed by atoms with Gasteiger partial charge in [-0.15, -0.1) is 0 Å². The molecule has 0 aromatic rings. The van der Waals surface area contributed by atoms with Crippen LogP contribution in [0, 0.1) is 11.3 Å². The molecule has 0 bridgehead atoms. The van der Waals surface area contributed by atoms with Crippen molar-refractivity contribution in [2.75, 3.05) is 5.75 Å². The average molecular weight is 143 g/mol. The van der Waals surface area contributed by atoms with Gasteiger partial charge < -0.3 is 5.98 Å². The molecule has 0 rings (SSSR count). The first-order valence-electron chi connectivity index (χ1n) is 1.72. The maximum atomic E-state index is 9.72. The zero-order valence-corrected chi connectivity index (χ0v) is 7.44. The van der Waals surface area contributed by atoms with Crippen LogP contribution < -0.4 is 29.6 Å². The van der Waals surface area contributed by atoms with E-state index in [1.165, 1.54) is 0 Å². The summed E-state index contributed by atoms with van der Waals surface area (Å²) in [6, 6.07) is 1.75. The van der Waals surface area contributed by atoms with E-state index in [-0.39, 0.29) is 43.2 Å². The molecule has 0 aliphatic heterocycles. The Morgan fingerprint density at radius 2 is 2.38 bits per heavy atom. The van der Waals surface area contributed by atoms with Gasteiger partial charge >= 0.3 is 29.6 Å². The predicted octanol–water partition coefficient (Wildman–Crippen LogP) is -2.76. The van der Waals surface area contributed by atoms with Crippen molar-refractivity contribution in [3.05, 3.63) is 0 Å². The first-order chi connectivity index (χ1) is 3.27. The molecule has 42 valence electrons. The third-order valence-electron chi connectivity index (χ3n) is 0.388. The molecule has 1 N–H and O–H groups in total. The van der Waals surface area contributed by atoms with Crippen molar-refractivity contribution in [2.45, 2.75) is 6.42 Å². The van der Waals surface area contributed by atoms with Crippen LogP contribution in [0.25, 0.3) is 0 Å². The molecule has 0 saturated carbocycles. The van der Waals surface area contributed by atoms with Gasteiger partial charge in [-0.25, -0.2) is 4.21 Å². The van der Waals surface area contributed by atoms with E-state index in [1.807, 2.05) is 0 Å². The van der Waals surface area contributed by atoms with Gasteiger partial charge in [0.05, 0.1) is 11.8 Å². The number of nitrogens with zero attached hydrogens (tertiary/aromatic N) is 1. The molecule has 0 spiro atoms. The Morgan fingerprint density at radius 3 is 2.50 bits per heavy atom. The average Bonchev–Trinajstić information content (AvgIpc) is 1.61.